The van der Waals surface area contributed by atoms with Crippen molar-refractivity contribution >= 4 is 0 Å². The van der Waals surface area contributed by atoms with Gasteiger partial charge in [0.2, 0.25) is 0 Å². The van der Waals surface area contributed by atoms with Crippen LogP contribution in [0.4, 0.5) is 8.78 Å². The molecule has 2 rings (SSSR count). The van der Waals surface area contributed by atoms with Crippen molar-refractivity contribution < 1.29 is 13.9 Å². The summed E-state index contributed by atoms with van der Waals surface area (Å²) < 4.78 is 28.0. The summed E-state index contributed by atoms with van der Waals surface area (Å²) in [4.78, 5) is 24.2. The van der Waals surface area contributed by atoms with Gasteiger partial charge >= 0.3 is 5.69 Å². The number of aryl methyl sites for hydroxylation is 1. The van der Waals surface area contributed by atoms with E-state index in [0.717, 1.165) is 29.0 Å². The van der Waals surface area contributed by atoms with E-state index in [1.807, 2.05) is 0 Å². The Bertz CT molecular complexity index is 896. The Labute approximate surface area is 129 Å². The number of aromatic nitrogens is 2. The molecule has 0 fully saturated rings. The summed E-state index contributed by atoms with van der Waals surface area (Å²) in [6.45, 7) is 1.41. The van der Waals surface area contributed by atoms with E-state index in [-0.39, 0.29) is 17.7 Å². The lowest BCUT2D eigenvalue weighted by Crippen LogP contribution is -2.41. The summed E-state index contributed by atoms with van der Waals surface area (Å²) in [7, 11) is 0. The monoisotopic (exact) mass is 321 g/mol. The number of rotatable bonds is 4. The second kappa shape index (κ2) is 6.54. The van der Waals surface area contributed by atoms with Crippen LogP contribution in [0.1, 0.15) is 24.2 Å². The van der Waals surface area contributed by atoms with E-state index in [2.05, 4.69) is 0 Å². The Morgan fingerprint density at radius 1 is 1.30 bits per heavy atom. The Balaban J connectivity index is 2.47. The SMILES string of the molecule is CCn1cc(C#N)c(=O)n(CC(O)c2ccc(F)c(F)c2)c1=O. The Morgan fingerprint density at radius 2 is 2.00 bits per heavy atom. The fraction of sp³-hybridized carbons (Fsp3) is 0.267. The molecule has 6 nitrogen and oxygen atoms in total. The topological polar surface area (TPSA) is 88.0 Å². The van der Waals surface area contributed by atoms with E-state index in [9.17, 15) is 23.5 Å². The predicted molar refractivity (Wildman–Crippen MR) is 76.7 cm³/mol. The molecule has 23 heavy (non-hydrogen) atoms. The van der Waals surface area contributed by atoms with Crippen molar-refractivity contribution in [1.82, 2.24) is 9.13 Å². The summed E-state index contributed by atoms with van der Waals surface area (Å²) in [5.74, 6) is -2.22. The summed E-state index contributed by atoms with van der Waals surface area (Å²) in [5, 5.41) is 19.0. The number of hydrogen-bond acceptors (Lipinski definition) is 4. The molecule has 0 aliphatic rings. The van der Waals surface area contributed by atoms with Crippen molar-refractivity contribution in [2.24, 2.45) is 0 Å². The Morgan fingerprint density at radius 3 is 2.57 bits per heavy atom. The average Bonchev–Trinajstić information content (AvgIpc) is 2.54. The molecule has 1 aromatic heterocycles. The number of nitriles is 1. The van der Waals surface area contributed by atoms with Crippen molar-refractivity contribution in [2.45, 2.75) is 26.1 Å². The molecule has 0 bridgehead atoms. The maximum atomic E-state index is 13.2. The summed E-state index contributed by atoms with van der Waals surface area (Å²) in [6.07, 6.45) is -0.264. The number of benzene rings is 1. The van der Waals surface area contributed by atoms with E-state index in [0.29, 0.717) is 4.57 Å². The first kappa shape index (κ1) is 16.6. The minimum absolute atomic E-state index is 0.0145. The average molecular weight is 321 g/mol. The lowest BCUT2D eigenvalue weighted by molar-refractivity contribution is 0.151. The smallest absolute Gasteiger partial charge is 0.331 e. The minimum atomic E-state index is -1.41. The Kier molecular flexibility index (Phi) is 4.71. The van der Waals surface area contributed by atoms with Crippen LogP contribution >= 0.6 is 0 Å². The molecule has 1 heterocycles. The van der Waals surface area contributed by atoms with Crippen LogP contribution in [0, 0.1) is 23.0 Å². The molecule has 1 atom stereocenters. The van der Waals surface area contributed by atoms with Gasteiger partial charge in [-0.2, -0.15) is 5.26 Å². The van der Waals surface area contributed by atoms with Gasteiger partial charge in [-0.1, -0.05) is 6.07 Å². The van der Waals surface area contributed by atoms with Crippen LogP contribution in [0.2, 0.25) is 0 Å². The van der Waals surface area contributed by atoms with E-state index in [1.165, 1.54) is 0 Å². The molecule has 8 heteroatoms. The van der Waals surface area contributed by atoms with Gasteiger partial charge in [0.25, 0.3) is 5.56 Å². The van der Waals surface area contributed by atoms with Crippen molar-refractivity contribution in [2.75, 3.05) is 0 Å². The molecule has 0 radical (unpaired) electrons. The van der Waals surface area contributed by atoms with Gasteiger partial charge < -0.3 is 5.11 Å². The first-order valence-corrected chi connectivity index (χ1v) is 6.76. The highest BCUT2D eigenvalue weighted by atomic mass is 19.2. The van der Waals surface area contributed by atoms with Gasteiger partial charge in [0, 0.05) is 12.7 Å². The van der Waals surface area contributed by atoms with Crippen molar-refractivity contribution in [3.63, 3.8) is 0 Å². The van der Waals surface area contributed by atoms with Gasteiger partial charge in [-0.3, -0.25) is 13.9 Å². The third kappa shape index (κ3) is 3.19. The molecule has 2 aromatic rings. The van der Waals surface area contributed by atoms with Crippen LogP contribution in [0.25, 0.3) is 0 Å². The summed E-state index contributed by atoms with van der Waals surface area (Å²) in [5.41, 5.74) is -1.77. The molecule has 0 spiro atoms. The fourth-order valence-corrected chi connectivity index (χ4v) is 2.12. The molecule has 1 unspecified atom stereocenters. The van der Waals surface area contributed by atoms with Crippen LogP contribution in [0.3, 0.4) is 0 Å². The fourth-order valence-electron chi connectivity index (χ4n) is 2.12. The van der Waals surface area contributed by atoms with Gasteiger partial charge in [-0.05, 0) is 24.6 Å². The zero-order valence-electron chi connectivity index (χ0n) is 12.2. The second-order valence-electron chi connectivity index (χ2n) is 4.83. The van der Waals surface area contributed by atoms with Crippen LogP contribution in [-0.2, 0) is 13.1 Å². The highest BCUT2D eigenvalue weighted by molar-refractivity contribution is 5.23. The van der Waals surface area contributed by atoms with Gasteiger partial charge in [-0.25, -0.2) is 13.6 Å². The molecule has 1 aromatic carbocycles. The number of halogens is 2. The van der Waals surface area contributed by atoms with Gasteiger partial charge in [-0.15, -0.1) is 0 Å². The highest BCUT2D eigenvalue weighted by Gasteiger charge is 2.17. The number of hydrogen-bond donors (Lipinski definition) is 1. The quantitative estimate of drug-likeness (QED) is 0.907. The van der Waals surface area contributed by atoms with E-state index in [4.69, 9.17) is 5.26 Å². The zero-order valence-corrected chi connectivity index (χ0v) is 12.2. The lowest BCUT2D eigenvalue weighted by atomic mass is 10.1. The molecule has 0 aliphatic carbocycles. The number of nitrogens with zero attached hydrogens (tertiary/aromatic N) is 3. The largest absolute Gasteiger partial charge is 0.387 e. The molecular weight excluding hydrogens is 308 g/mol. The lowest BCUT2D eigenvalue weighted by Gasteiger charge is -2.14. The maximum Gasteiger partial charge on any atom is 0.331 e. The van der Waals surface area contributed by atoms with Crippen molar-refractivity contribution in [3.8, 4) is 6.07 Å². The van der Waals surface area contributed by atoms with Gasteiger partial charge in [0.15, 0.2) is 11.6 Å². The van der Waals surface area contributed by atoms with Crippen LogP contribution in [0.5, 0.6) is 0 Å². The van der Waals surface area contributed by atoms with Crippen LogP contribution in [0.15, 0.2) is 34.0 Å². The van der Waals surface area contributed by atoms with Crippen molar-refractivity contribution in [3.05, 3.63) is 68.0 Å². The number of aliphatic hydroxyl groups excluding tert-OH is 1. The zero-order chi connectivity index (χ0) is 17.1. The van der Waals surface area contributed by atoms with E-state index >= 15 is 0 Å². The number of aliphatic hydroxyl groups is 1. The van der Waals surface area contributed by atoms with E-state index < -0.39 is 35.5 Å². The van der Waals surface area contributed by atoms with Crippen LogP contribution < -0.4 is 11.2 Å². The first-order valence-electron chi connectivity index (χ1n) is 6.76. The van der Waals surface area contributed by atoms with E-state index in [1.54, 1.807) is 13.0 Å². The second-order valence-corrected chi connectivity index (χ2v) is 4.83. The maximum absolute atomic E-state index is 13.2. The molecular formula is C15H13F2N3O3. The molecule has 120 valence electrons. The summed E-state index contributed by atoms with van der Waals surface area (Å²) >= 11 is 0. The highest BCUT2D eigenvalue weighted by Crippen LogP contribution is 2.17. The molecule has 0 aliphatic heterocycles. The van der Waals surface area contributed by atoms with Crippen LogP contribution in [-0.4, -0.2) is 14.2 Å². The third-order valence-corrected chi connectivity index (χ3v) is 3.38. The first-order chi connectivity index (χ1) is 10.9. The van der Waals surface area contributed by atoms with Gasteiger partial charge in [0.1, 0.15) is 11.6 Å². The molecule has 0 saturated heterocycles. The minimum Gasteiger partial charge on any atom is -0.387 e. The third-order valence-electron chi connectivity index (χ3n) is 3.38. The summed E-state index contributed by atoms with van der Waals surface area (Å²) in [6, 6.07) is 4.47. The Hall–Kier alpha value is -2.79. The standard InChI is InChI=1S/C15H13F2N3O3/c1-2-19-7-10(6-18)14(22)20(15(19)23)8-13(21)9-3-4-11(16)12(17)5-9/h3-5,7,13,21H,2,8H2,1H3. The molecule has 0 saturated carbocycles. The normalized spacial score (nSPS) is 12.0. The van der Waals surface area contributed by atoms with Gasteiger partial charge in [0.05, 0.1) is 12.6 Å². The van der Waals surface area contributed by atoms with Crippen molar-refractivity contribution in [1.29, 1.82) is 5.26 Å². The predicted octanol–water partition coefficient (Wildman–Crippen LogP) is 0.913. The molecule has 0 amide bonds. The molecule has 1 N–H and O–H groups in total.